The van der Waals surface area contributed by atoms with Gasteiger partial charge in [-0.05, 0) is 19.3 Å². The minimum absolute atomic E-state index is 0.334. The molecule has 0 aliphatic rings. The van der Waals surface area contributed by atoms with Gasteiger partial charge in [-0.25, -0.2) is 4.79 Å². The monoisotopic (exact) mass is 520 g/mol. The van der Waals surface area contributed by atoms with Crippen LogP contribution in [0.25, 0.3) is 0 Å². The van der Waals surface area contributed by atoms with E-state index >= 15 is 0 Å². The third-order valence-corrected chi connectivity index (χ3v) is 4.56. The highest BCUT2D eigenvalue weighted by Crippen LogP contribution is 2.05. The van der Waals surface area contributed by atoms with Crippen molar-refractivity contribution in [1.82, 2.24) is 16.0 Å². The summed E-state index contributed by atoms with van der Waals surface area (Å²) >= 11 is 0. The van der Waals surface area contributed by atoms with E-state index in [1.807, 2.05) is 16.0 Å². The van der Waals surface area contributed by atoms with Gasteiger partial charge in [-0.2, -0.15) is 0 Å². The molecule has 10 N–H and O–H groups in total. The Kier molecular flexibility index (Phi) is 13.7. The van der Waals surface area contributed by atoms with Gasteiger partial charge in [-0.1, -0.05) is 0 Å². The smallest absolute Gasteiger partial charge is 0.326 e. The first-order chi connectivity index (χ1) is 16.6. The molecule has 17 nitrogen and oxygen atoms in total. The second-order valence-electron chi connectivity index (χ2n) is 7.52. The van der Waals surface area contributed by atoms with Gasteiger partial charge in [-0.15, -0.1) is 0 Å². The molecule has 0 saturated heterocycles. The van der Waals surface area contributed by atoms with Crippen molar-refractivity contribution in [1.29, 1.82) is 0 Å². The predicted molar refractivity (Wildman–Crippen MR) is 114 cm³/mol. The Morgan fingerprint density at radius 1 is 0.528 bits per heavy atom. The van der Waals surface area contributed by atoms with Crippen LogP contribution in [0.2, 0.25) is 0 Å². The van der Waals surface area contributed by atoms with Gasteiger partial charge in [0.05, 0.1) is 12.5 Å². The molecule has 0 bridgehead atoms. The number of hydrogen-bond acceptors (Lipinski definition) is 9. The average Bonchev–Trinajstić information content (AvgIpc) is 2.75. The maximum Gasteiger partial charge on any atom is 0.326 e. The lowest BCUT2D eigenvalue weighted by Gasteiger charge is -2.24. The molecule has 202 valence electrons. The van der Waals surface area contributed by atoms with Gasteiger partial charge in [0.1, 0.15) is 18.1 Å². The van der Waals surface area contributed by atoms with Crippen LogP contribution in [0.15, 0.2) is 0 Å². The average molecular weight is 520 g/mol. The zero-order valence-electron chi connectivity index (χ0n) is 18.8. The molecule has 3 amide bonds. The second kappa shape index (κ2) is 15.6. The molecule has 0 rings (SSSR count). The molecule has 0 aromatic carbocycles. The van der Waals surface area contributed by atoms with Gasteiger partial charge in [0.25, 0.3) is 0 Å². The minimum atomic E-state index is -1.81. The van der Waals surface area contributed by atoms with Gasteiger partial charge >= 0.3 is 29.8 Å². The number of rotatable bonds is 18. The second-order valence-corrected chi connectivity index (χ2v) is 7.52. The standard InChI is InChI=1S/C19H28N4O13/c20-8(1-4-12(24)25)16(32)23-11(7-15(30)31)18(34)21-9(2-5-13(26)27)17(33)22-10(19(35)36)3-6-14(28)29/h8-11H,1-7,20H2,(H,21,34)(H,22,33)(H,23,32)(H,24,25)(H,26,27)(H,28,29)(H,30,31)(H,35,36)/t8-,9-,10-,11-/m0/s1. The Bertz CT molecular complexity index is 875. The fourth-order valence-electron chi connectivity index (χ4n) is 2.68. The molecular weight excluding hydrogens is 492 g/mol. The van der Waals surface area contributed by atoms with Crippen molar-refractivity contribution in [2.45, 2.75) is 69.1 Å². The molecule has 0 aliphatic carbocycles. The molecule has 17 heteroatoms. The molecule has 0 aromatic rings. The highest BCUT2D eigenvalue weighted by molar-refractivity contribution is 5.95. The van der Waals surface area contributed by atoms with E-state index in [0.717, 1.165) is 0 Å². The van der Waals surface area contributed by atoms with E-state index in [9.17, 15) is 43.5 Å². The summed E-state index contributed by atoms with van der Waals surface area (Å²) in [6, 6.07) is -6.62. The summed E-state index contributed by atoms with van der Waals surface area (Å²) in [6.07, 6.45) is -4.22. The van der Waals surface area contributed by atoms with Crippen LogP contribution < -0.4 is 21.7 Å². The molecular formula is C19H28N4O13. The Hall–Kier alpha value is -4.28. The SMILES string of the molecule is N[C@@H](CCC(=O)O)C(=O)N[C@@H](CC(=O)O)C(=O)N[C@@H](CCC(=O)O)C(=O)N[C@@H](CCC(=O)O)C(=O)O. The molecule has 0 aromatic heterocycles. The fourth-order valence-corrected chi connectivity index (χ4v) is 2.68. The Balaban J connectivity index is 5.59. The largest absolute Gasteiger partial charge is 0.481 e. The van der Waals surface area contributed by atoms with Crippen molar-refractivity contribution < 1.29 is 63.9 Å². The van der Waals surface area contributed by atoms with Crippen LogP contribution in [0, 0.1) is 0 Å². The number of amides is 3. The van der Waals surface area contributed by atoms with Gasteiger partial charge < -0.3 is 47.2 Å². The third-order valence-electron chi connectivity index (χ3n) is 4.56. The Morgan fingerprint density at radius 3 is 1.36 bits per heavy atom. The van der Waals surface area contributed by atoms with E-state index in [1.54, 1.807) is 0 Å². The first-order valence-electron chi connectivity index (χ1n) is 10.4. The van der Waals surface area contributed by atoms with Crippen molar-refractivity contribution in [3.05, 3.63) is 0 Å². The zero-order chi connectivity index (χ0) is 28.0. The number of carbonyl (C=O) groups is 8. The lowest BCUT2D eigenvalue weighted by atomic mass is 10.1. The maximum absolute atomic E-state index is 12.7. The van der Waals surface area contributed by atoms with E-state index in [2.05, 4.69) is 0 Å². The summed E-state index contributed by atoms with van der Waals surface area (Å²) < 4.78 is 0. The normalized spacial score (nSPS) is 13.8. The maximum atomic E-state index is 12.7. The number of carboxylic acids is 5. The quantitative estimate of drug-likeness (QED) is 0.0866. The summed E-state index contributed by atoms with van der Waals surface area (Å²) in [5, 5.41) is 50.5. The lowest BCUT2D eigenvalue weighted by Crippen LogP contribution is -2.57. The van der Waals surface area contributed by atoms with Crippen LogP contribution in [0.1, 0.15) is 44.9 Å². The van der Waals surface area contributed by atoms with Crippen LogP contribution in [-0.2, 0) is 38.4 Å². The van der Waals surface area contributed by atoms with Crippen molar-refractivity contribution in [3.63, 3.8) is 0 Å². The number of nitrogens with two attached hydrogens (primary N) is 1. The highest BCUT2D eigenvalue weighted by Gasteiger charge is 2.32. The van der Waals surface area contributed by atoms with Crippen LogP contribution in [-0.4, -0.2) is 97.3 Å². The number of carboxylic acid groups (broad SMARTS) is 5. The number of aliphatic carboxylic acids is 5. The van der Waals surface area contributed by atoms with Crippen molar-refractivity contribution >= 4 is 47.6 Å². The Morgan fingerprint density at radius 2 is 0.917 bits per heavy atom. The van der Waals surface area contributed by atoms with Gasteiger partial charge in [0, 0.05) is 19.3 Å². The third kappa shape index (κ3) is 13.4. The van der Waals surface area contributed by atoms with Gasteiger partial charge in [-0.3, -0.25) is 33.6 Å². The summed E-state index contributed by atoms with van der Waals surface area (Å²) in [5.74, 6) is -10.7. The molecule has 0 aliphatic heterocycles. The zero-order valence-corrected chi connectivity index (χ0v) is 18.8. The first kappa shape index (κ1) is 31.7. The van der Waals surface area contributed by atoms with Crippen molar-refractivity contribution in [2.24, 2.45) is 5.73 Å². The van der Waals surface area contributed by atoms with Gasteiger partial charge in [0.2, 0.25) is 17.7 Å². The summed E-state index contributed by atoms with van der Waals surface area (Å²) in [4.78, 5) is 92.1. The summed E-state index contributed by atoms with van der Waals surface area (Å²) in [6.45, 7) is 0. The van der Waals surface area contributed by atoms with Crippen molar-refractivity contribution in [2.75, 3.05) is 0 Å². The van der Waals surface area contributed by atoms with E-state index in [4.69, 9.17) is 26.2 Å². The molecule has 0 heterocycles. The Labute approximate surface area is 203 Å². The van der Waals surface area contributed by atoms with E-state index < -0.39 is 110 Å². The van der Waals surface area contributed by atoms with Crippen LogP contribution in [0.5, 0.6) is 0 Å². The van der Waals surface area contributed by atoms with E-state index in [1.165, 1.54) is 0 Å². The van der Waals surface area contributed by atoms with E-state index in [0.29, 0.717) is 0 Å². The number of carbonyl (C=O) groups excluding carboxylic acids is 3. The van der Waals surface area contributed by atoms with Crippen LogP contribution in [0.3, 0.4) is 0 Å². The first-order valence-corrected chi connectivity index (χ1v) is 10.4. The molecule has 0 fully saturated rings. The minimum Gasteiger partial charge on any atom is -0.481 e. The van der Waals surface area contributed by atoms with Crippen LogP contribution in [0.4, 0.5) is 0 Å². The van der Waals surface area contributed by atoms with E-state index in [-0.39, 0.29) is 6.42 Å². The predicted octanol–water partition coefficient (Wildman–Crippen LogP) is -3.08. The van der Waals surface area contributed by atoms with Crippen LogP contribution >= 0.6 is 0 Å². The molecule has 36 heavy (non-hydrogen) atoms. The molecule has 0 radical (unpaired) electrons. The van der Waals surface area contributed by atoms with Gasteiger partial charge in [0.15, 0.2) is 0 Å². The lowest BCUT2D eigenvalue weighted by molar-refractivity contribution is -0.144. The number of nitrogens with one attached hydrogen (secondary N) is 3. The highest BCUT2D eigenvalue weighted by atomic mass is 16.4. The summed E-state index contributed by atoms with van der Waals surface area (Å²) in [7, 11) is 0. The fraction of sp³-hybridized carbons (Fsp3) is 0.579. The number of hydrogen-bond donors (Lipinski definition) is 9. The molecule has 0 unspecified atom stereocenters. The molecule has 4 atom stereocenters. The molecule has 0 saturated carbocycles. The summed E-state index contributed by atoms with van der Waals surface area (Å²) in [5.41, 5.74) is 5.53. The topological polar surface area (TPSA) is 300 Å². The molecule has 0 spiro atoms. The van der Waals surface area contributed by atoms with Crippen molar-refractivity contribution in [3.8, 4) is 0 Å².